The SMILES string of the molecule is CC[C@]12CCC(=O)C=C1CC[C@@H]2OC(C)(C)C. The molecule has 0 aromatic heterocycles. The van der Waals surface area contributed by atoms with Crippen molar-refractivity contribution in [3.05, 3.63) is 11.6 Å². The Morgan fingerprint density at radius 3 is 2.71 bits per heavy atom. The van der Waals surface area contributed by atoms with E-state index in [0.29, 0.717) is 18.3 Å². The van der Waals surface area contributed by atoms with E-state index in [2.05, 4.69) is 27.7 Å². The molecule has 0 bridgehead atoms. The van der Waals surface area contributed by atoms with Gasteiger partial charge in [-0.1, -0.05) is 12.5 Å². The first-order valence-electron chi connectivity index (χ1n) is 6.79. The number of rotatable bonds is 2. The van der Waals surface area contributed by atoms with Crippen molar-refractivity contribution in [2.75, 3.05) is 0 Å². The van der Waals surface area contributed by atoms with E-state index < -0.39 is 0 Å². The van der Waals surface area contributed by atoms with E-state index >= 15 is 0 Å². The van der Waals surface area contributed by atoms with Crippen molar-refractivity contribution < 1.29 is 9.53 Å². The summed E-state index contributed by atoms with van der Waals surface area (Å²) >= 11 is 0. The zero-order valence-corrected chi connectivity index (χ0v) is 11.5. The minimum Gasteiger partial charge on any atom is -0.372 e. The highest BCUT2D eigenvalue weighted by Gasteiger charge is 2.48. The average Bonchev–Trinajstić information content (AvgIpc) is 2.55. The lowest BCUT2D eigenvalue weighted by Crippen LogP contribution is -2.40. The van der Waals surface area contributed by atoms with Gasteiger partial charge in [0.15, 0.2) is 5.78 Å². The van der Waals surface area contributed by atoms with Gasteiger partial charge in [-0.25, -0.2) is 0 Å². The van der Waals surface area contributed by atoms with Crippen molar-refractivity contribution in [1.82, 2.24) is 0 Å². The molecule has 0 saturated heterocycles. The molecule has 2 heteroatoms. The second-order valence-corrected chi connectivity index (χ2v) is 6.40. The number of fused-ring (bicyclic) bond motifs is 1. The lowest BCUT2D eigenvalue weighted by Gasteiger charge is -2.40. The van der Waals surface area contributed by atoms with Crippen LogP contribution in [-0.4, -0.2) is 17.5 Å². The van der Waals surface area contributed by atoms with Gasteiger partial charge in [0.25, 0.3) is 0 Å². The Kier molecular flexibility index (Phi) is 3.19. The van der Waals surface area contributed by atoms with Crippen molar-refractivity contribution in [1.29, 1.82) is 0 Å². The molecular weight excluding hydrogens is 212 g/mol. The monoisotopic (exact) mass is 236 g/mol. The zero-order valence-electron chi connectivity index (χ0n) is 11.5. The van der Waals surface area contributed by atoms with Crippen LogP contribution in [0.3, 0.4) is 0 Å². The van der Waals surface area contributed by atoms with Crippen LogP contribution >= 0.6 is 0 Å². The minimum atomic E-state index is -0.0935. The van der Waals surface area contributed by atoms with Crippen LogP contribution in [-0.2, 0) is 9.53 Å². The van der Waals surface area contributed by atoms with Gasteiger partial charge in [0, 0.05) is 11.8 Å². The van der Waals surface area contributed by atoms with Crippen molar-refractivity contribution in [3.8, 4) is 0 Å². The third kappa shape index (κ3) is 2.33. The van der Waals surface area contributed by atoms with Crippen LogP contribution in [0.25, 0.3) is 0 Å². The standard InChI is InChI=1S/C15H24O2/c1-5-15-9-8-12(16)10-11(15)6-7-13(15)17-14(2,3)4/h10,13H,5-9H2,1-4H3/t13-,15-/m0/s1. The fourth-order valence-electron chi connectivity index (χ4n) is 3.40. The predicted octanol–water partition coefficient (Wildman–Crippen LogP) is 3.65. The van der Waals surface area contributed by atoms with Crippen LogP contribution in [0.4, 0.5) is 0 Å². The van der Waals surface area contributed by atoms with Crippen LogP contribution in [0.2, 0.25) is 0 Å². The molecule has 2 atom stereocenters. The van der Waals surface area contributed by atoms with Gasteiger partial charge in [-0.15, -0.1) is 0 Å². The minimum absolute atomic E-state index is 0.0935. The van der Waals surface area contributed by atoms with Gasteiger partial charge in [-0.05, 0) is 52.5 Å². The number of ketones is 1. The number of carbonyl (C=O) groups is 1. The lowest BCUT2D eigenvalue weighted by atomic mass is 9.70. The highest BCUT2D eigenvalue weighted by Crippen LogP contribution is 2.53. The summed E-state index contributed by atoms with van der Waals surface area (Å²) in [4.78, 5) is 11.5. The van der Waals surface area contributed by atoms with Gasteiger partial charge in [0.1, 0.15) is 0 Å². The Morgan fingerprint density at radius 1 is 1.41 bits per heavy atom. The van der Waals surface area contributed by atoms with Crippen molar-refractivity contribution in [3.63, 3.8) is 0 Å². The molecular formula is C15H24O2. The molecule has 0 unspecified atom stereocenters. The summed E-state index contributed by atoms with van der Waals surface area (Å²) in [5.74, 6) is 0.306. The van der Waals surface area contributed by atoms with E-state index in [4.69, 9.17) is 4.74 Å². The summed E-state index contributed by atoms with van der Waals surface area (Å²) in [5.41, 5.74) is 1.41. The molecule has 2 nitrogen and oxygen atoms in total. The van der Waals surface area contributed by atoms with Gasteiger partial charge in [0.2, 0.25) is 0 Å². The van der Waals surface area contributed by atoms with Crippen LogP contribution in [0.1, 0.15) is 59.8 Å². The largest absolute Gasteiger partial charge is 0.372 e. The summed E-state index contributed by atoms with van der Waals surface area (Å²) in [6, 6.07) is 0. The highest BCUT2D eigenvalue weighted by atomic mass is 16.5. The fraction of sp³-hybridized carbons (Fsp3) is 0.800. The summed E-state index contributed by atoms with van der Waals surface area (Å²) in [6.07, 6.45) is 7.08. The third-order valence-corrected chi connectivity index (χ3v) is 4.21. The third-order valence-electron chi connectivity index (χ3n) is 4.21. The Labute approximate surface area is 104 Å². The Morgan fingerprint density at radius 2 is 2.12 bits per heavy atom. The Hall–Kier alpha value is -0.630. The van der Waals surface area contributed by atoms with E-state index in [-0.39, 0.29) is 11.0 Å². The summed E-state index contributed by atoms with van der Waals surface area (Å²) in [6.45, 7) is 8.58. The van der Waals surface area contributed by atoms with Crippen LogP contribution in [0, 0.1) is 5.41 Å². The predicted molar refractivity (Wildman–Crippen MR) is 68.9 cm³/mol. The average molecular weight is 236 g/mol. The zero-order chi connectivity index (χ0) is 12.7. The van der Waals surface area contributed by atoms with Gasteiger partial charge in [0.05, 0.1) is 11.7 Å². The van der Waals surface area contributed by atoms with Crippen LogP contribution < -0.4 is 0 Å². The van der Waals surface area contributed by atoms with E-state index in [1.807, 2.05) is 6.08 Å². The second-order valence-electron chi connectivity index (χ2n) is 6.40. The highest BCUT2D eigenvalue weighted by molar-refractivity contribution is 5.91. The number of hydrogen-bond donors (Lipinski definition) is 0. The summed E-state index contributed by atoms with van der Waals surface area (Å²) in [5, 5.41) is 0. The number of allylic oxidation sites excluding steroid dienone is 1. The molecule has 0 aliphatic heterocycles. The van der Waals surface area contributed by atoms with Crippen molar-refractivity contribution >= 4 is 5.78 Å². The molecule has 2 aliphatic carbocycles. The number of hydrogen-bond acceptors (Lipinski definition) is 2. The van der Waals surface area contributed by atoms with Gasteiger partial charge in [-0.3, -0.25) is 4.79 Å². The Balaban J connectivity index is 2.26. The maximum absolute atomic E-state index is 11.5. The maximum Gasteiger partial charge on any atom is 0.155 e. The molecule has 1 fully saturated rings. The lowest BCUT2D eigenvalue weighted by molar-refractivity contribution is -0.120. The topological polar surface area (TPSA) is 26.3 Å². The van der Waals surface area contributed by atoms with Gasteiger partial charge >= 0.3 is 0 Å². The molecule has 0 heterocycles. The second kappa shape index (κ2) is 4.24. The van der Waals surface area contributed by atoms with Crippen molar-refractivity contribution in [2.24, 2.45) is 5.41 Å². The van der Waals surface area contributed by atoms with Gasteiger partial charge < -0.3 is 4.74 Å². The molecule has 0 aromatic rings. The summed E-state index contributed by atoms with van der Waals surface area (Å²) in [7, 11) is 0. The molecule has 96 valence electrons. The van der Waals surface area contributed by atoms with E-state index in [9.17, 15) is 4.79 Å². The van der Waals surface area contributed by atoms with Crippen molar-refractivity contribution in [2.45, 2.75) is 71.5 Å². The van der Waals surface area contributed by atoms with E-state index in [1.54, 1.807) is 0 Å². The first-order chi connectivity index (χ1) is 7.87. The van der Waals surface area contributed by atoms with Crippen LogP contribution in [0.15, 0.2) is 11.6 Å². The van der Waals surface area contributed by atoms with E-state index in [0.717, 1.165) is 25.7 Å². The molecule has 1 saturated carbocycles. The van der Waals surface area contributed by atoms with Crippen LogP contribution in [0.5, 0.6) is 0 Å². The first-order valence-corrected chi connectivity index (χ1v) is 6.79. The maximum atomic E-state index is 11.5. The smallest absolute Gasteiger partial charge is 0.155 e. The summed E-state index contributed by atoms with van der Waals surface area (Å²) < 4.78 is 6.25. The quantitative estimate of drug-likeness (QED) is 0.731. The fourth-order valence-corrected chi connectivity index (χ4v) is 3.40. The molecule has 0 radical (unpaired) electrons. The molecule has 2 rings (SSSR count). The van der Waals surface area contributed by atoms with E-state index in [1.165, 1.54) is 5.57 Å². The molecule has 0 spiro atoms. The molecule has 2 aliphatic rings. The molecule has 0 aromatic carbocycles. The molecule has 17 heavy (non-hydrogen) atoms. The first kappa shape index (κ1) is 12.8. The normalized spacial score (nSPS) is 33.5. The molecule has 0 N–H and O–H groups in total. The Bertz CT molecular complexity index is 348. The molecule has 0 amide bonds. The number of carbonyl (C=O) groups excluding carboxylic acids is 1. The number of ether oxygens (including phenoxy) is 1. The van der Waals surface area contributed by atoms with Gasteiger partial charge in [-0.2, -0.15) is 0 Å².